The first kappa shape index (κ1) is 18.6. The Balaban J connectivity index is 1.82. The van der Waals surface area contributed by atoms with Crippen molar-refractivity contribution in [1.29, 1.82) is 0 Å². The van der Waals surface area contributed by atoms with E-state index in [1.807, 2.05) is 30.3 Å². The minimum Gasteiger partial charge on any atom is -0.493 e. The molecule has 1 amide bonds. The second kappa shape index (κ2) is 7.68. The zero-order valence-corrected chi connectivity index (χ0v) is 16.5. The van der Waals surface area contributed by atoms with Gasteiger partial charge in [-0.2, -0.15) is 5.10 Å². The maximum absolute atomic E-state index is 13.2. The summed E-state index contributed by atoms with van der Waals surface area (Å²) in [6.45, 7) is 0. The molecule has 2 aromatic carbocycles. The number of halogens is 1. The Morgan fingerprint density at radius 2 is 1.64 bits per heavy atom. The second-order valence-electron chi connectivity index (χ2n) is 6.84. The molecule has 0 saturated heterocycles. The molecule has 0 unspecified atom stereocenters. The van der Waals surface area contributed by atoms with Gasteiger partial charge in [-0.3, -0.25) is 4.79 Å². The first-order valence-electron chi connectivity index (χ1n) is 9.18. The van der Waals surface area contributed by atoms with Crippen molar-refractivity contribution in [3.05, 3.63) is 65.2 Å². The van der Waals surface area contributed by atoms with Gasteiger partial charge in [-0.1, -0.05) is 23.8 Å². The summed E-state index contributed by atoms with van der Waals surface area (Å²) in [7, 11) is 3.22. The van der Waals surface area contributed by atoms with Crippen LogP contribution in [0.4, 0.5) is 5.69 Å². The van der Waals surface area contributed by atoms with E-state index in [0.717, 1.165) is 17.7 Å². The summed E-state index contributed by atoms with van der Waals surface area (Å²) in [5, 5.41) is 6.90. The van der Waals surface area contributed by atoms with Crippen molar-refractivity contribution in [2.45, 2.75) is 12.8 Å². The maximum Gasteiger partial charge on any atom is 0.251 e. The summed E-state index contributed by atoms with van der Waals surface area (Å²) < 4.78 is 10.8. The summed E-state index contributed by atoms with van der Waals surface area (Å²) in [5.74, 6) is 1.22. The largest absolute Gasteiger partial charge is 0.493 e. The van der Waals surface area contributed by atoms with Crippen LogP contribution < -0.4 is 14.5 Å². The summed E-state index contributed by atoms with van der Waals surface area (Å²) >= 11 is 6.01. The third-order valence-electron chi connectivity index (χ3n) is 5.27. The van der Waals surface area contributed by atoms with E-state index in [4.69, 9.17) is 26.2 Å². The molecule has 0 N–H and O–H groups in total. The Bertz CT molecular complexity index is 953. The Morgan fingerprint density at radius 1 is 0.964 bits per heavy atom. The number of hydrogen-bond acceptors (Lipinski definition) is 4. The quantitative estimate of drug-likeness (QED) is 0.704. The van der Waals surface area contributed by atoms with Crippen molar-refractivity contribution in [1.82, 2.24) is 0 Å². The van der Waals surface area contributed by atoms with Crippen LogP contribution in [0.2, 0.25) is 5.02 Å². The van der Waals surface area contributed by atoms with Crippen molar-refractivity contribution >= 4 is 28.9 Å². The first-order valence-corrected chi connectivity index (χ1v) is 9.55. The first-order chi connectivity index (χ1) is 13.6. The highest BCUT2D eigenvalue weighted by atomic mass is 35.5. The van der Waals surface area contributed by atoms with Crippen LogP contribution in [0, 0.1) is 11.8 Å². The van der Waals surface area contributed by atoms with Crippen LogP contribution >= 0.6 is 11.6 Å². The lowest BCUT2D eigenvalue weighted by atomic mass is 9.76. The molecule has 2 atom stereocenters. The van der Waals surface area contributed by atoms with Gasteiger partial charge < -0.3 is 9.47 Å². The molecule has 2 aliphatic rings. The fraction of sp³-hybridized carbons (Fsp3) is 0.273. The van der Waals surface area contributed by atoms with Gasteiger partial charge in [0.05, 0.1) is 31.5 Å². The third-order valence-corrected chi connectivity index (χ3v) is 5.52. The minimum absolute atomic E-state index is 0.0147. The smallest absolute Gasteiger partial charge is 0.251 e. The lowest BCUT2D eigenvalue weighted by molar-refractivity contribution is -0.123. The molecule has 0 radical (unpaired) electrons. The Morgan fingerprint density at radius 3 is 2.32 bits per heavy atom. The number of rotatable bonds is 4. The van der Waals surface area contributed by atoms with Crippen LogP contribution in [0.5, 0.6) is 11.5 Å². The van der Waals surface area contributed by atoms with Gasteiger partial charge >= 0.3 is 0 Å². The van der Waals surface area contributed by atoms with Gasteiger partial charge in [-0.25, -0.2) is 5.01 Å². The van der Waals surface area contributed by atoms with Crippen molar-refractivity contribution in [2.75, 3.05) is 19.2 Å². The van der Waals surface area contributed by atoms with Crippen molar-refractivity contribution in [3.8, 4) is 11.5 Å². The number of hydrazone groups is 1. The molecule has 2 aromatic rings. The SMILES string of the molecule is COc1ccc(C2=NN(c3ccc(Cl)cc3)C(=O)[C@H]3CC=CC[C@@H]23)cc1OC. The van der Waals surface area contributed by atoms with Gasteiger partial charge in [0, 0.05) is 16.5 Å². The lowest BCUT2D eigenvalue weighted by Gasteiger charge is -2.37. The van der Waals surface area contributed by atoms with Gasteiger partial charge in [0.2, 0.25) is 0 Å². The zero-order valence-electron chi connectivity index (χ0n) is 15.8. The van der Waals surface area contributed by atoms with Crippen LogP contribution in [0.15, 0.2) is 59.7 Å². The molecule has 0 spiro atoms. The minimum atomic E-state index is -0.138. The molecule has 4 rings (SSSR count). The fourth-order valence-electron chi connectivity index (χ4n) is 3.81. The molecule has 1 heterocycles. The Labute approximate surface area is 169 Å². The molecular weight excluding hydrogens is 376 g/mol. The second-order valence-corrected chi connectivity index (χ2v) is 7.27. The van der Waals surface area contributed by atoms with E-state index in [1.165, 1.54) is 5.01 Å². The van der Waals surface area contributed by atoms with E-state index in [1.54, 1.807) is 26.4 Å². The molecule has 0 fully saturated rings. The summed E-state index contributed by atoms with van der Waals surface area (Å²) in [6.07, 6.45) is 5.71. The Kier molecular flexibility index (Phi) is 5.09. The average Bonchev–Trinajstić information content (AvgIpc) is 2.74. The predicted molar refractivity (Wildman–Crippen MR) is 110 cm³/mol. The van der Waals surface area contributed by atoms with Crippen LogP contribution in [0.3, 0.4) is 0 Å². The number of ether oxygens (including phenoxy) is 2. The Hall–Kier alpha value is -2.79. The number of methoxy groups -OCH3 is 2. The van der Waals surface area contributed by atoms with Gasteiger partial charge in [0.25, 0.3) is 5.91 Å². The fourth-order valence-corrected chi connectivity index (χ4v) is 3.94. The number of allylic oxidation sites excluding steroid dienone is 2. The van der Waals surface area contributed by atoms with E-state index in [2.05, 4.69) is 12.2 Å². The van der Waals surface area contributed by atoms with Gasteiger partial charge in [0.15, 0.2) is 11.5 Å². The zero-order chi connectivity index (χ0) is 19.7. The third kappa shape index (κ3) is 3.27. The van der Waals surface area contributed by atoms with E-state index < -0.39 is 0 Å². The van der Waals surface area contributed by atoms with Gasteiger partial charge in [-0.15, -0.1) is 0 Å². The number of anilines is 1. The number of amides is 1. The van der Waals surface area contributed by atoms with Crippen LogP contribution in [-0.4, -0.2) is 25.8 Å². The van der Waals surface area contributed by atoms with Crippen molar-refractivity contribution in [3.63, 3.8) is 0 Å². The topological polar surface area (TPSA) is 51.1 Å². The number of carbonyl (C=O) groups excluding carboxylic acids is 1. The van der Waals surface area contributed by atoms with Crippen molar-refractivity contribution < 1.29 is 14.3 Å². The number of hydrogen-bond donors (Lipinski definition) is 0. The number of benzene rings is 2. The molecule has 1 aliphatic heterocycles. The molecular formula is C22H21ClN2O3. The van der Waals surface area contributed by atoms with Crippen LogP contribution in [0.1, 0.15) is 18.4 Å². The summed E-state index contributed by atoms with van der Waals surface area (Å²) in [5.41, 5.74) is 2.51. The van der Waals surface area contributed by atoms with E-state index in [0.29, 0.717) is 28.6 Å². The molecule has 0 saturated carbocycles. The molecule has 0 aromatic heterocycles. The van der Waals surface area contributed by atoms with Crippen molar-refractivity contribution in [2.24, 2.45) is 16.9 Å². The molecule has 0 bridgehead atoms. The number of nitrogens with zero attached hydrogens (tertiary/aromatic N) is 2. The standard InChI is InChI=1S/C22H21ClN2O3/c1-27-19-12-7-14(13-20(19)28-2)21-17-5-3-4-6-18(17)22(26)25(24-21)16-10-8-15(23)9-11-16/h3-4,7-13,17-18H,5-6H2,1-2H3/t17-,18+/m1/s1. The number of fused-ring (bicyclic) bond motifs is 1. The van der Waals surface area contributed by atoms with Gasteiger partial charge in [0.1, 0.15) is 0 Å². The summed E-state index contributed by atoms with van der Waals surface area (Å²) in [6, 6.07) is 12.9. The normalized spacial score (nSPS) is 21.2. The molecule has 6 heteroatoms. The number of carbonyl (C=O) groups is 1. The van der Waals surface area contributed by atoms with E-state index >= 15 is 0 Å². The highest BCUT2D eigenvalue weighted by Gasteiger charge is 2.40. The van der Waals surface area contributed by atoms with Gasteiger partial charge in [-0.05, 0) is 55.3 Å². The average molecular weight is 397 g/mol. The van der Waals surface area contributed by atoms with Crippen LogP contribution in [0.25, 0.3) is 0 Å². The van der Waals surface area contributed by atoms with Crippen LogP contribution in [-0.2, 0) is 4.79 Å². The highest BCUT2D eigenvalue weighted by Crippen LogP contribution is 2.38. The molecule has 28 heavy (non-hydrogen) atoms. The summed E-state index contributed by atoms with van der Waals surface area (Å²) in [4.78, 5) is 13.2. The van der Waals surface area contributed by atoms with E-state index in [-0.39, 0.29) is 17.7 Å². The lowest BCUT2D eigenvalue weighted by Crippen LogP contribution is -2.45. The highest BCUT2D eigenvalue weighted by molar-refractivity contribution is 6.30. The van der Waals surface area contributed by atoms with E-state index in [9.17, 15) is 4.79 Å². The molecule has 1 aliphatic carbocycles. The molecule has 144 valence electrons. The maximum atomic E-state index is 13.2. The molecule has 5 nitrogen and oxygen atoms in total. The predicted octanol–water partition coefficient (Wildman–Crippen LogP) is 4.69. The monoisotopic (exact) mass is 396 g/mol.